The summed E-state index contributed by atoms with van der Waals surface area (Å²) in [5, 5.41) is 0.351. The molecule has 0 rings (SSSR count). The van der Waals surface area contributed by atoms with Gasteiger partial charge in [-0.25, -0.2) is 0 Å². The standard InChI is InChI=1S/C25H40F2O4Si/c1-10-11-12-13-14-15-25(23(28)30-8,24(29)31-9)17-21(16-22(26)27)32(18(2)3,19(4)5)20(6)7/h18-20H,10-12,15,17H2,1-9H3. The van der Waals surface area contributed by atoms with Gasteiger partial charge in [0.1, 0.15) is 0 Å². The summed E-state index contributed by atoms with van der Waals surface area (Å²) in [5.41, 5.74) is 0.695. The molecule has 0 spiro atoms. The summed E-state index contributed by atoms with van der Waals surface area (Å²) >= 11 is 0. The number of unbranched alkanes of at least 4 members (excludes halogenated alkanes) is 2. The lowest BCUT2D eigenvalue weighted by Gasteiger charge is -2.45. The molecule has 0 aromatic rings. The second-order valence-electron chi connectivity index (χ2n) is 9.14. The zero-order valence-corrected chi connectivity index (χ0v) is 22.2. The molecule has 0 saturated carbocycles. The van der Waals surface area contributed by atoms with Gasteiger partial charge < -0.3 is 9.47 Å². The molecule has 32 heavy (non-hydrogen) atoms. The number of hydrogen-bond acceptors (Lipinski definition) is 4. The second-order valence-corrected chi connectivity index (χ2v) is 15.1. The average Bonchev–Trinajstić information content (AvgIpc) is 2.70. The van der Waals surface area contributed by atoms with Gasteiger partial charge in [-0.15, -0.1) is 11.8 Å². The van der Waals surface area contributed by atoms with Crippen LogP contribution in [0, 0.1) is 17.3 Å². The van der Waals surface area contributed by atoms with E-state index in [2.05, 4.69) is 17.6 Å². The van der Waals surface area contributed by atoms with Crippen LogP contribution in [0.5, 0.6) is 0 Å². The topological polar surface area (TPSA) is 52.6 Å². The predicted molar refractivity (Wildman–Crippen MR) is 127 cm³/mol. The largest absolute Gasteiger partial charge is 0.468 e. The number of allylic oxidation sites excluding steroid dienone is 1. The predicted octanol–water partition coefficient (Wildman–Crippen LogP) is 6.82. The number of carbonyl (C=O) groups is 2. The molecule has 182 valence electrons. The Morgan fingerprint density at radius 1 is 0.906 bits per heavy atom. The van der Waals surface area contributed by atoms with Crippen LogP contribution in [0.4, 0.5) is 8.78 Å². The van der Waals surface area contributed by atoms with Gasteiger partial charge in [-0.05, 0) is 28.2 Å². The van der Waals surface area contributed by atoms with Gasteiger partial charge in [-0.2, -0.15) is 8.78 Å². The molecule has 0 radical (unpaired) electrons. The molecule has 0 bridgehead atoms. The highest BCUT2D eigenvalue weighted by molar-refractivity contribution is 6.89. The minimum absolute atomic E-state index is 0.0768. The molecular formula is C25H40F2O4Si. The molecule has 0 heterocycles. The molecule has 4 nitrogen and oxygen atoms in total. The van der Waals surface area contributed by atoms with E-state index in [9.17, 15) is 18.4 Å². The Labute approximate surface area is 193 Å². The molecule has 0 aromatic carbocycles. The number of methoxy groups -OCH3 is 2. The molecule has 0 unspecified atom stereocenters. The number of halogens is 2. The van der Waals surface area contributed by atoms with Crippen LogP contribution in [0.25, 0.3) is 0 Å². The van der Waals surface area contributed by atoms with Crippen molar-refractivity contribution in [1.82, 2.24) is 0 Å². The van der Waals surface area contributed by atoms with Crippen molar-refractivity contribution in [3.05, 3.63) is 17.0 Å². The molecule has 0 aliphatic rings. The Kier molecular flexibility index (Phi) is 12.8. The SMILES string of the molecule is CCCCC#CCC(CC(=C=C(F)F)[Si](C(C)C)(C(C)C)C(C)C)(C(=O)OC)C(=O)OC. The van der Waals surface area contributed by atoms with E-state index in [0.29, 0.717) is 11.6 Å². The lowest BCUT2D eigenvalue weighted by Crippen LogP contribution is -2.50. The molecule has 0 amide bonds. The first kappa shape index (κ1) is 30.1. The van der Waals surface area contributed by atoms with Crippen molar-refractivity contribution in [3.63, 3.8) is 0 Å². The van der Waals surface area contributed by atoms with Crippen LogP contribution in [-0.4, -0.2) is 34.2 Å². The van der Waals surface area contributed by atoms with Crippen molar-refractivity contribution >= 4 is 20.0 Å². The fourth-order valence-electron chi connectivity index (χ4n) is 5.16. The molecule has 0 aliphatic heterocycles. The van der Waals surface area contributed by atoms with Crippen LogP contribution in [-0.2, 0) is 19.1 Å². The van der Waals surface area contributed by atoms with Crippen LogP contribution >= 0.6 is 0 Å². The van der Waals surface area contributed by atoms with Gasteiger partial charge in [0.05, 0.1) is 22.3 Å². The maximum Gasteiger partial charge on any atom is 0.324 e. The highest BCUT2D eigenvalue weighted by Crippen LogP contribution is 2.50. The first-order chi connectivity index (χ1) is 14.9. The summed E-state index contributed by atoms with van der Waals surface area (Å²) in [7, 11) is -0.310. The average molecular weight is 471 g/mol. The fraction of sp³-hybridized carbons (Fsp3) is 0.720. The van der Waals surface area contributed by atoms with E-state index in [0.717, 1.165) is 12.8 Å². The summed E-state index contributed by atoms with van der Waals surface area (Å²) in [6.45, 7) is 14.2. The zero-order chi connectivity index (χ0) is 25.1. The summed E-state index contributed by atoms with van der Waals surface area (Å²) in [6, 6.07) is 0. The number of carbonyl (C=O) groups excluding carboxylic acids is 2. The normalized spacial score (nSPS) is 11.7. The van der Waals surface area contributed by atoms with Crippen molar-refractivity contribution in [1.29, 1.82) is 0 Å². The maximum absolute atomic E-state index is 13.7. The first-order valence-electron chi connectivity index (χ1n) is 11.3. The lowest BCUT2D eigenvalue weighted by atomic mass is 9.81. The van der Waals surface area contributed by atoms with Crippen LogP contribution in [0.1, 0.15) is 80.6 Å². The molecule has 0 saturated heterocycles. The first-order valence-corrected chi connectivity index (χ1v) is 13.5. The van der Waals surface area contributed by atoms with E-state index in [1.807, 2.05) is 48.5 Å². The van der Waals surface area contributed by atoms with Crippen molar-refractivity contribution in [3.8, 4) is 11.8 Å². The zero-order valence-electron chi connectivity index (χ0n) is 21.2. The Bertz CT molecular complexity index is 727. The Balaban J connectivity index is 7.02. The van der Waals surface area contributed by atoms with Crippen LogP contribution < -0.4 is 0 Å². The highest BCUT2D eigenvalue weighted by Gasteiger charge is 2.54. The number of ether oxygens (including phenoxy) is 2. The highest BCUT2D eigenvalue weighted by atomic mass is 28.3. The molecule has 0 fully saturated rings. The number of rotatable bonds is 11. The molecule has 0 N–H and O–H groups in total. The quantitative estimate of drug-likeness (QED) is 0.0830. The van der Waals surface area contributed by atoms with Crippen LogP contribution in [0.2, 0.25) is 16.6 Å². The van der Waals surface area contributed by atoms with Crippen molar-refractivity contribution in [2.45, 2.75) is 97.2 Å². The van der Waals surface area contributed by atoms with Crippen LogP contribution in [0.3, 0.4) is 0 Å². The van der Waals surface area contributed by atoms with Crippen molar-refractivity contribution in [2.75, 3.05) is 14.2 Å². The van der Waals surface area contributed by atoms with Gasteiger partial charge in [-0.1, -0.05) is 60.6 Å². The minimum atomic E-state index is -2.67. The number of esters is 2. The third kappa shape index (κ3) is 6.80. The van der Waals surface area contributed by atoms with E-state index in [-0.39, 0.29) is 29.5 Å². The second kappa shape index (κ2) is 13.6. The third-order valence-electron chi connectivity index (χ3n) is 6.44. The Morgan fingerprint density at radius 3 is 1.72 bits per heavy atom. The minimum Gasteiger partial charge on any atom is -0.468 e. The smallest absolute Gasteiger partial charge is 0.324 e. The van der Waals surface area contributed by atoms with Gasteiger partial charge >= 0.3 is 18.0 Å². The molecule has 7 heteroatoms. The van der Waals surface area contributed by atoms with Gasteiger partial charge in [0.2, 0.25) is 0 Å². The van der Waals surface area contributed by atoms with Gasteiger partial charge in [0.25, 0.3) is 0 Å². The Hall–Kier alpha value is -1.90. The van der Waals surface area contributed by atoms with Crippen LogP contribution in [0.15, 0.2) is 17.0 Å². The van der Waals surface area contributed by atoms with E-state index in [4.69, 9.17) is 9.47 Å². The summed E-state index contributed by atoms with van der Waals surface area (Å²) in [6.07, 6.45) is 0.116. The number of hydrogen-bond donors (Lipinski definition) is 0. The maximum atomic E-state index is 13.7. The van der Waals surface area contributed by atoms with Gasteiger partial charge in [-0.3, -0.25) is 9.59 Å². The van der Waals surface area contributed by atoms with Crippen molar-refractivity contribution < 1.29 is 27.8 Å². The third-order valence-corrected chi connectivity index (χ3v) is 13.5. The van der Waals surface area contributed by atoms with E-state index in [1.165, 1.54) is 14.2 Å². The van der Waals surface area contributed by atoms with Crippen molar-refractivity contribution in [2.24, 2.45) is 5.41 Å². The van der Waals surface area contributed by atoms with Gasteiger partial charge in [0.15, 0.2) is 5.41 Å². The summed E-state index contributed by atoms with van der Waals surface area (Å²) in [5.74, 6) is 4.25. The lowest BCUT2D eigenvalue weighted by molar-refractivity contribution is -0.168. The van der Waals surface area contributed by atoms with Gasteiger partial charge in [0, 0.05) is 19.3 Å². The monoisotopic (exact) mass is 470 g/mol. The van der Waals surface area contributed by atoms with E-state index in [1.54, 1.807) is 0 Å². The molecule has 0 aromatic heterocycles. The molecular weight excluding hydrogens is 430 g/mol. The molecule has 0 aliphatic carbocycles. The fourth-order valence-corrected chi connectivity index (χ4v) is 12.2. The summed E-state index contributed by atoms with van der Waals surface area (Å²) < 4.78 is 37.3. The Morgan fingerprint density at radius 2 is 1.38 bits per heavy atom. The van der Waals surface area contributed by atoms with E-state index < -0.39 is 31.5 Å². The molecule has 0 atom stereocenters. The van der Waals surface area contributed by atoms with E-state index >= 15 is 0 Å². The summed E-state index contributed by atoms with van der Waals surface area (Å²) in [4.78, 5) is 26.0.